The van der Waals surface area contributed by atoms with E-state index < -0.39 is 11.2 Å². The first-order chi connectivity index (χ1) is 17.5. The number of rotatable bonds is 9. The van der Waals surface area contributed by atoms with E-state index in [2.05, 4.69) is 16.7 Å². The number of amides is 1. The van der Waals surface area contributed by atoms with E-state index in [0.29, 0.717) is 19.1 Å². The summed E-state index contributed by atoms with van der Waals surface area (Å²) in [4.78, 5) is 24.6. The quantitative estimate of drug-likeness (QED) is 0.440. The first-order valence-electron chi connectivity index (χ1n) is 13.8. The number of alkyl carbamates (subject to hydrolysis) is 1. The van der Waals surface area contributed by atoms with Crippen LogP contribution in [0.3, 0.4) is 0 Å². The fraction of sp³-hybridized carbons (Fsp3) is 0.724. The van der Waals surface area contributed by atoms with Crippen molar-refractivity contribution in [1.82, 2.24) is 10.6 Å². The molecule has 208 valence electrons. The number of piperidine rings is 1. The Bertz CT molecular complexity index is 889. The molecular weight excluding hydrogens is 472 g/mol. The fourth-order valence-corrected chi connectivity index (χ4v) is 5.07. The number of hydrogen-bond acceptors (Lipinski definition) is 7. The van der Waals surface area contributed by atoms with E-state index in [0.717, 1.165) is 56.4 Å². The molecule has 0 radical (unpaired) electrons. The monoisotopic (exact) mass is 518 g/mol. The smallest absolute Gasteiger partial charge is 0.407 e. The van der Waals surface area contributed by atoms with Crippen molar-refractivity contribution in [2.24, 2.45) is 0 Å². The van der Waals surface area contributed by atoms with Gasteiger partial charge in [0.25, 0.3) is 0 Å². The number of esters is 1. The molecule has 0 aromatic heterocycles. The summed E-state index contributed by atoms with van der Waals surface area (Å²) in [6.07, 6.45) is 5.62. The highest BCUT2D eigenvalue weighted by Gasteiger charge is 2.34. The van der Waals surface area contributed by atoms with Gasteiger partial charge in [-0.15, -0.1) is 0 Å². The lowest BCUT2D eigenvalue weighted by Gasteiger charge is -2.36. The SMILES string of the molecule is CCOC(=O)C(C)(C)Oc1ccccc1C1CCC(OC[C@@H]2NCCC[C@@H]2NC(=O)OC(C)(C)C)CC1. The molecule has 1 heterocycles. The Morgan fingerprint density at radius 2 is 1.73 bits per heavy atom. The Kier molecular flexibility index (Phi) is 10.2. The second-order valence-electron chi connectivity index (χ2n) is 11.6. The van der Waals surface area contributed by atoms with Gasteiger partial charge in [0.15, 0.2) is 5.60 Å². The largest absolute Gasteiger partial charge is 0.476 e. The first-order valence-corrected chi connectivity index (χ1v) is 13.8. The molecule has 1 aliphatic heterocycles. The summed E-state index contributed by atoms with van der Waals surface area (Å²) < 4.78 is 23.1. The summed E-state index contributed by atoms with van der Waals surface area (Å²) in [7, 11) is 0. The van der Waals surface area contributed by atoms with Crippen LogP contribution >= 0.6 is 0 Å². The zero-order valence-electron chi connectivity index (χ0n) is 23.4. The molecule has 8 heteroatoms. The van der Waals surface area contributed by atoms with Gasteiger partial charge in [-0.1, -0.05) is 18.2 Å². The van der Waals surface area contributed by atoms with Crippen LogP contribution < -0.4 is 15.4 Å². The average molecular weight is 519 g/mol. The van der Waals surface area contributed by atoms with Crippen molar-refractivity contribution in [3.05, 3.63) is 29.8 Å². The van der Waals surface area contributed by atoms with Crippen LogP contribution in [0.2, 0.25) is 0 Å². The third-order valence-electron chi connectivity index (χ3n) is 6.96. The number of hydrogen-bond donors (Lipinski definition) is 2. The summed E-state index contributed by atoms with van der Waals surface area (Å²) in [5.41, 5.74) is -0.438. The van der Waals surface area contributed by atoms with E-state index in [-0.39, 0.29) is 30.3 Å². The van der Waals surface area contributed by atoms with Crippen molar-refractivity contribution in [2.75, 3.05) is 19.8 Å². The van der Waals surface area contributed by atoms with Crippen LogP contribution in [0.15, 0.2) is 24.3 Å². The molecule has 2 aliphatic rings. The predicted octanol–water partition coefficient (Wildman–Crippen LogP) is 5.10. The second-order valence-corrected chi connectivity index (χ2v) is 11.6. The van der Waals surface area contributed by atoms with Gasteiger partial charge in [-0.05, 0) is 104 Å². The summed E-state index contributed by atoms with van der Waals surface area (Å²) in [5.74, 6) is 0.730. The van der Waals surface area contributed by atoms with Crippen molar-refractivity contribution in [2.45, 2.75) is 115 Å². The van der Waals surface area contributed by atoms with Crippen LogP contribution in [-0.2, 0) is 19.0 Å². The van der Waals surface area contributed by atoms with Crippen molar-refractivity contribution < 1.29 is 28.5 Å². The van der Waals surface area contributed by atoms with Gasteiger partial charge in [0.2, 0.25) is 0 Å². The number of carbonyl (C=O) groups is 2. The lowest BCUT2D eigenvalue weighted by molar-refractivity contribution is -0.158. The van der Waals surface area contributed by atoms with Crippen molar-refractivity contribution in [3.8, 4) is 5.75 Å². The fourth-order valence-electron chi connectivity index (χ4n) is 5.07. The molecule has 3 rings (SSSR count). The molecule has 2 atom stereocenters. The number of carbonyl (C=O) groups excluding carboxylic acids is 2. The van der Waals surface area contributed by atoms with Gasteiger partial charge >= 0.3 is 12.1 Å². The third kappa shape index (κ3) is 8.88. The lowest BCUT2D eigenvalue weighted by Crippen LogP contribution is -2.56. The zero-order valence-corrected chi connectivity index (χ0v) is 23.4. The van der Waals surface area contributed by atoms with E-state index in [4.69, 9.17) is 18.9 Å². The highest BCUT2D eigenvalue weighted by molar-refractivity contribution is 5.79. The summed E-state index contributed by atoms with van der Waals surface area (Å²) >= 11 is 0. The van der Waals surface area contributed by atoms with E-state index in [1.165, 1.54) is 0 Å². The molecule has 1 saturated carbocycles. The van der Waals surface area contributed by atoms with Gasteiger partial charge in [0.05, 0.1) is 25.4 Å². The number of ether oxygens (including phenoxy) is 4. The van der Waals surface area contributed by atoms with Crippen LogP contribution in [0, 0.1) is 0 Å². The Hall–Kier alpha value is -2.32. The highest BCUT2D eigenvalue weighted by atomic mass is 16.6. The van der Waals surface area contributed by atoms with E-state index in [1.807, 2.05) is 39.0 Å². The Labute approximate surface area is 222 Å². The van der Waals surface area contributed by atoms with Crippen LogP contribution in [0.1, 0.15) is 91.5 Å². The summed E-state index contributed by atoms with van der Waals surface area (Å²) in [5, 5.41) is 6.54. The van der Waals surface area contributed by atoms with Crippen LogP contribution in [-0.4, -0.2) is 61.2 Å². The maximum Gasteiger partial charge on any atom is 0.407 e. The molecule has 2 N–H and O–H groups in total. The molecule has 1 aromatic rings. The topological polar surface area (TPSA) is 95.1 Å². The normalized spacial score (nSPS) is 24.7. The zero-order chi connectivity index (χ0) is 27.1. The predicted molar refractivity (Wildman–Crippen MR) is 143 cm³/mol. The summed E-state index contributed by atoms with van der Waals surface area (Å²) in [6.45, 7) is 12.7. The Balaban J connectivity index is 1.52. The molecule has 0 unspecified atom stereocenters. The van der Waals surface area contributed by atoms with Crippen LogP contribution in [0.25, 0.3) is 0 Å². The molecule has 0 spiro atoms. The van der Waals surface area contributed by atoms with Crippen LogP contribution in [0.4, 0.5) is 4.79 Å². The van der Waals surface area contributed by atoms with Gasteiger partial charge < -0.3 is 29.6 Å². The minimum absolute atomic E-state index is 0.00767. The molecule has 1 aromatic carbocycles. The van der Waals surface area contributed by atoms with Gasteiger partial charge in [-0.2, -0.15) is 0 Å². The van der Waals surface area contributed by atoms with Gasteiger partial charge in [-0.3, -0.25) is 0 Å². The van der Waals surface area contributed by atoms with Crippen LogP contribution in [0.5, 0.6) is 5.75 Å². The summed E-state index contributed by atoms with van der Waals surface area (Å²) in [6, 6.07) is 8.06. The van der Waals surface area contributed by atoms with E-state index in [9.17, 15) is 9.59 Å². The third-order valence-corrected chi connectivity index (χ3v) is 6.96. The molecule has 2 fully saturated rings. The standard InChI is InChI=1S/C29H46N2O6/c1-7-34-26(32)29(5,6)36-25-13-9-8-11-22(25)20-14-16-21(17-15-20)35-19-24-23(12-10-18-30-24)31-27(33)37-28(2,3)4/h8-9,11,13,20-21,23-24,30H,7,10,12,14-19H2,1-6H3,(H,31,33)/t20?,21?,23-,24-/m0/s1. The maximum atomic E-state index is 12.3. The first kappa shape index (κ1) is 29.2. The second kappa shape index (κ2) is 13.0. The van der Waals surface area contributed by atoms with Crippen molar-refractivity contribution in [1.29, 1.82) is 0 Å². The average Bonchev–Trinajstić information content (AvgIpc) is 2.83. The lowest BCUT2D eigenvalue weighted by atomic mass is 9.82. The minimum atomic E-state index is -1.05. The number of benzene rings is 1. The Morgan fingerprint density at radius 3 is 2.41 bits per heavy atom. The van der Waals surface area contributed by atoms with E-state index >= 15 is 0 Å². The minimum Gasteiger partial charge on any atom is -0.476 e. The molecule has 1 amide bonds. The molecule has 1 aliphatic carbocycles. The number of nitrogens with one attached hydrogen (secondary N) is 2. The maximum absolute atomic E-state index is 12.3. The van der Waals surface area contributed by atoms with Gasteiger partial charge in [0.1, 0.15) is 11.4 Å². The molecule has 0 bridgehead atoms. The molecule has 1 saturated heterocycles. The molecule has 37 heavy (non-hydrogen) atoms. The molecular formula is C29H46N2O6. The highest BCUT2D eigenvalue weighted by Crippen LogP contribution is 2.39. The van der Waals surface area contributed by atoms with Gasteiger partial charge in [0, 0.05) is 6.04 Å². The van der Waals surface area contributed by atoms with Crippen molar-refractivity contribution in [3.63, 3.8) is 0 Å². The molecule has 8 nitrogen and oxygen atoms in total. The van der Waals surface area contributed by atoms with Gasteiger partial charge in [-0.25, -0.2) is 9.59 Å². The Morgan fingerprint density at radius 1 is 1.03 bits per heavy atom. The van der Waals surface area contributed by atoms with Crippen molar-refractivity contribution >= 4 is 12.1 Å². The van der Waals surface area contributed by atoms with E-state index in [1.54, 1.807) is 20.8 Å². The number of para-hydroxylation sites is 1.